The van der Waals surface area contributed by atoms with Crippen LogP contribution < -0.4 is 5.32 Å². The summed E-state index contributed by atoms with van der Waals surface area (Å²) < 4.78 is 4.84. The maximum Gasteiger partial charge on any atom is 0.326 e. The van der Waals surface area contributed by atoms with Crippen molar-refractivity contribution in [1.82, 2.24) is 10.2 Å². The zero-order chi connectivity index (χ0) is 15.0. The Morgan fingerprint density at radius 1 is 1.32 bits per heavy atom. The smallest absolute Gasteiger partial charge is 0.326 e. The Labute approximate surface area is 115 Å². The minimum atomic E-state index is -1.05. The van der Waals surface area contributed by atoms with Gasteiger partial charge in [0, 0.05) is 33.2 Å². The predicted molar refractivity (Wildman–Crippen MR) is 73.1 cm³/mol. The molecule has 0 fully saturated rings. The molecule has 0 aromatic rings. The highest BCUT2D eigenvalue weighted by atomic mass is 16.5. The van der Waals surface area contributed by atoms with E-state index in [9.17, 15) is 9.59 Å². The van der Waals surface area contributed by atoms with Gasteiger partial charge in [-0.2, -0.15) is 0 Å². The van der Waals surface area contributed by atoms with Crippen molar-refractivity contribution in [3.8, 4) is 0 Å². The average molecular weight is 274 g/mol. The number of nitrogens with one attached hydrogen (secondary N) is 1. The monoisotopic (exact) mass is 274 g/mol. The lowest BCUT2D eigenvalue weighted by atomic mass is 10.0. The Bertz CT molecular complexity index is 294. The Kier molecular flexibility index (Phi) is 8.14. The number of methoxy groups -OCH3 is 1. The van der Waals surface area contributed by atoms with Gasteiger partial charge < -0.3 is 20.1 Å². The summed E-state index contributed by atoms with van der Waals surface area (Å²) in [5.74, 6) is -0.565. The molecule has 19 heavy (non-hydrogen) atoms. The number of hydrogen-bond acceptors (Lipinski definition) is 3. The quantitative estimate of drug-likeness (QED) is 0.704. The van der Waals surface area contributed by atoms with E-state index in [-0.39, 0.29) is 18.5 Å². The summed E-state index contributed by atoms with van der Waals surface area (Å²) in [6, 6.07) is -1.21. The molecule has 112 valence electrons. The van der Waals surface area contributed by atoms with Crippen molar-refractivity contribution in [3.05, 3.63) is 0 Å². The van der Waals surface area contributed by atoms with Crippen LogP contribution in [0, 0.1) is 5.92 Å². The van der Waals surface area contributed by atoms with Crippen molar-refractivity contribution >= 4 is 12.0 Å². The Morgan fingerprint density at radius 2 is 1.89 bits per heavy atom. The van der Waals surface area contributed by atoms with E-state index in [1.165, 1.54) is 7.11 Å². The fourth-order valence-electron chi connectivity index (χ4n) is 1.78. The van der Waals surface area contributed by atoms with Crippen molar-refractivity contribution < 1.29 is 19.4 Å². The molecule has 6 nitrogen and oxygen atoms in total. The van der Waals surface area contributed by atoms with Crippen LogP contribution in [0.4, 0.5) is 4.79 Å². The molecular formula is C13H26N2O4. The Hall–Kier alpha value is -1.30. The molecule has 0 saturated carbocycles. The normalized spacial score (nSPS) is 14.0. The summed E-state index contributed by atoms with van der Waals surface area (Å²) in [7, 11) is 3.18. The molecule has 2 atom stereocenters. The summed E-state index contributed by atoms with van der Waals surface area (Å²) in [4.78, 5) is 24.5. The van der Waals surface area contributed by atoms with Crippen LogP contribution in [0.5, 0.6) is 0 Å². The van der Waals surface area contributed by atoms with Gasteiger partial charge in [0.05, 0.1) is 0 Å². The molecule has 2 N–H and O–H groups in total. The number of amides is 2. The van der Waals surface area contributed by atoms with Crippen LogP contribution in [0.25, 0.3) is 0 Å². The first-order valence-corrected chi connectivity index (χ1v) is 6.54. The summed E-state index contributed by atoms with van der Waals surface area (Å²) in [6.45, 7) is 6.41. The van der Waals surface area contributed by atoms with Crippen LogP contribution >= 0.6 is 0 Å². The highest BCUT2D eigenvalue weighted by Crippen LogP contribution is 2.10. The fourth-order valence-corrected chi connectivity index (χ4v) is 1.78. The van der Waals surface area contributed by atoms with Gasteiger partial charge in [0.25, 0.3) is 0 Å². The van der Waals surface area contributed by atoms with Gasteiger partial charge >= 0.3 is 12.0 Å². The van der Waals surface area contributed by atoms with Crippen molar-refractivity contribution in [1.29, 1.82) is 0 Å². The summed E-state index contributed by atoms with van der Waals surface area (Å²) >= 11 is 0. The SMILES string of the molecule is COCCC(NC(=O)N(C)C(C)CC(C)C)C(=O)O. The summed E-state index contributed by atoms with van der Waals surface area (Å²) in [5.41, 5.74) is 0. The van der Waals surface area contributed by atoms with E-state index in [0.29, 0.717) is 12.5 Å². The predicted octanol–water partition coefficient (Wildman–Crippen LogP) is 1.55. The highest BCUT2D eigenvalue weighted by Gasteiger charge is 2.23. The number of ether oxygens (including phenoxy) is 1. The lowest BCUT2D eigenvalue weighted by Gasteiger charge is -2.28. The molecule has 0 aliphatic rings. The molecule has 0 aliphatic heterocycles. The third-order valence-corrected chi connectivity index (χ3v) is 3.00. The van der Waals surface area contributed by atoms with Crippen LogP contribution in [-0.4, -0.2) is 54.9 Å². The molecule has 0 aromatic carbocycles. The van der Waals surface area contributed by atoms with E-state index in [4.69, 9.17) is 9.84 Å². The van der Waals surface area contributed by atoms with E-state index < -0.39 is 12.0 Å². The van der Waals surface area contributed by atoms with E-state index >= 15 is 0 Å². The van der Waals surface area contributed by atoms with E-state index in [1.54, 1.807) is 11.9 Å². The largest absolute Gasteiger partial charge is 0.480 e. The molecule has 0 rings (SSSR count). The number of rotatable bonds is 8. The molecule has 0 radical (unpaired) electrons. The molecule has 0 saturated heterocycles. The average Bonchev–Trinajstić information content (AvgIpc) is 2.31. The highest BCUT2D eigenvalue weighted by molar-refractivity contribution is 5.82. The minimum absolute atomic E-state index is 0.0665. The van der Waals surface area contributed by atoms with E-state index in [1.807, 2.05) is 6.92 Å². The Morgan fingerprint density at radius 3 is 2.32 bits per heavy atom. The molecule has 0 aliphatic carbocycles. The number of carbonyl (C=O) groups is 2. The molecule has 0 heterocycles. The van der Waals surface area contributed by atoms with Crippen LogP contribution in [0.2, 0.25) is 0 Å². The maximum atomic E-state index is 12.0. The van der Waals surface area contributed by atoms with Gasteiger partial charge in [0.15, 0.2) is 0 Å². The number of carbonyl (C=O) groups excluding carboxylic acids is 1. The van der Waals surface area contributed by atoms with Gasteiger partial charge in [-0.25, -0.2) is 9.59 Å². The van der Waals surface area contributed by atoms with Crippen molar-refractivity contribution in [2.45, 2.75) is 45.7 Å². The first kappa shape index (κ1) is 17.7. The summed E-state index contributed by atoms with van der Waals surface area (Å²) in [5, 5.41) is 11.5. The molecule has 0 aromatic heterocycles. The topological polar surface area (TPSA) is 78.9 Å². The third-order valence-electron chi connectivity index (χ3n) is 3.00. The molecular weight excluding hydrogens is 248 g/mol. The van der Waals surface area contributed by atoms with E-state index in [2.05, 4.69) is 19.2 Å². The number of carboxylic acids is 1. The number of nitrogens with zero attached hydrogens (tertiary/aromatic N) is 1. The number of hydrogen-bond donors (Lipinski definition) is 2. The first-order valence-electron chi connectivity index (χ1n) is 6.54. The fraction of sp³-hybridized carbons (Fsp3) is 0.846. The standard InChI is InChI=1S/C13H26N2O4/c1-9(2)8-10(3)15(4)13(18)14-11(12(16)17)6-7-19-5/h9-11H,6-8H2,1-5H3,(H,14,18)(H,16,17). The van der Waals surface area contributed by atoms with Crippen molar-refractivity contribution in [2.24, 2.45) is 5.92 Å². The molecule has 2 amide bonds. The second-order valence-electron chi connectivity index (χ2n) is 5.21. The van der Waals surface area contributed by atoms with Gasteiger partial charge in [0.1, 0.15) is 6.04 Å². The van der Waals surface area contributed by atoms with Crippen LogP contribution in [0.1, 0.15) is 33.6 Å². The first-order chi connectivity index (χ1) is 8.79. The van der Waals surface area contributed by atoms with Crippen molar-refractivity contribution in [2.75, 3.05) is 20.8 Å². The summed E-state index contributed by atoms with van der Waals surface area (Å²) in [6.07, 6.45) is 1.13. The second-order valence-corrected chi connectivity index (χ2v) is 5.21. The van der Waals surface area contributed by atoms with Crippen LogP contribution in [0.15, 0.2) is 0 Å². The van der Waals surface area contributed by atoms with Crippen LogP contribution in [-0.2, 0) is 9.53 Å². The number of urea groups is 1. The molecule has 6 heteroatoms. The molecule has 0 spiro atoms. The third kappa shape index (κ3) is 7.00. The van der Waals surface area contributed by atoms with E-state index in [0.717, 1.165) is 6.42 Å². The van der Waals surface area contributed by atoms with Crippen LogP contribution in [0.3, 0.4) is 0 Å². The molecule has 0 bridgehead atoms. The number of aliphatic carboxylic acids is 1. The van der Waals surface area contributed by atoms with Crippen molar-refractivity contribution in [3.63, 3.8) is 0 Å². The molecule has 2 unspecified atom stereocenters. The zero-order valence-electron chi connectivity index (χ0n) is 12.5. The van der Waals surface area contributed by atoms with Gasteiger partial charge in [-0.15, -0.1) is 0 Å². The lowest BCUT2D eigenvalue weighted by molar-refractivity contribution is -0.139. The lowest BCUT2D eigenvalue weighted by Crippen LogP contribution is -2.49. The second kappa shape index (κ2) is 8.74. The van der Waals surface area contributed by atoms with Gasteiger partial charge in [-0.3, -0.25) is 0 Å². The number of carboxylic acid groups (broad SMARTS) is 1. The maximum absolute atomic E-state index is 12.0. The zero-order valence-corrected chi connectivity index (χ0v) is 12.5. The van der Waals surface area contributed by atoms with Gasteiger partial charge in [-0.1, -0.05) is 13.8 Å². The Balaban J connectivity index is 4.41. The van der Waals surface area contributed by atoms with Gasteiger partial charge in [-0.05, 0) is 19.3 Å². The minimum Gasteiger partial charge on any atom is -0.480 e. The van der Waals surface area contributed by atoms with Gasteiger partial charge in [0.2, 0.25) is 0 Å².